The van der Waals surface area contributed by atoms with Crippen LogP contribution in [0.25, 0.3) is 44.0 Å². The Bertz CT molecular complexity index is 1900. The van der Waals surface area contributed by atoms with E-state index in [0.29, 0.717) is 0 Å². The quantitative estimate of drug-likeness (QED) is 0.101. The Morgan fingerprint density at radius 1 is 0.957 bits per heavy atom. The molecule has 5 heteroatoms. The Labute approximate surface area is 288 Å². The summed E-state index contributed by atoms with van der Waals surface area (Å²) in [5.74, 6) is 0.547. The monoisotopic (exact) mass is 795 g/mol. The number of aromatic nitrogens is 1. The van der Waals surface area contributed by atoms with E-state index in [9.17, 15) is 9.90 Å². The molecule has 3 aromatic carbocycles. The topological polar surface area (TPSA) is 63.3 Å². The molecule has 0 unspecified atom stereocenters. The Hall–Kier alpha value is -3.27. The van der Waals surface area contributed by atoms with Gasteiger partial charge >= 0.3 is 0 Å². The molecule has 46 heavy (non-hydrogen) atoms. The number of furan rings is 1. The van der Waals surface area contributed by atoms with Gasteiger partial charge in [-0.2, -0.15) is 0 Å². The van der Waals surface area contributed by atoms with E-state index in [1.54, 1.807) is 0 Å². The van der Waals surface area contributed by atoms with Crippen LogP contribution >= 0.6 is 0 Å². The SMILES string of the molecule is CC(C)(C)c1ccc2c3c1oc1cc[c-]c(c13)-c1ncc3ccccc3c1C2(C)C.CCC(CC)C(=O)/C=C(\O)C(CC)CC.[Ir]. The van der Waals surface area contributed by atoms with Gasteiger partial charge in [-0.3, -0.25) is 4.79 Å². The predicted octanol–water partition coefficient (Wildman–Crippen LogP) is 11.4. The fourth-order valence-electron chi connectivity index (χ4n) is 7.06. The smallest absolute Gasteiger partial charge is 0.162 e. The molecule has 1 aliphatic rings. The van der Waals surface area contributed by atoms with E-state index in [0.717, 1.165) is 53.5 Å². The zero-order valence-corrected chi connectivity index (χ0v) is 31.2. The van der Waals surface area contributed by atoms with Crippen molar-refractivity contribution in [3.63, 3.8) is 0 Å². The van der Waals surface area contributed by atoms with Gasteiger partial charge in [0.2, 0.25) is 0 Å². The fourth-order valence-corrected chi connectivity index (χ4v) is 7.06. The first-order valence-corrected chi connectivity index (χ1v) is 16.6. The van der Waals surface area contributed by atoms with Gasteiger partial charge in [-0.05, 0) is 69.6 Å². The summed E-state index contributed by atoms with van der Waals surface area (Å²) < 4.78 is 6.52. The van der Waals surface area contributed by atoms with Gasteiger partial charge in [-0.1, -0.05) is 110 Å². The molecule has 1 radical (unpaired) electrons. The van der Waals surface area contributed by atoms with Crippen molar-refractivity contribution in [2.24, 2.45) is 11.8 Å². The molecule has 0 saturated heterocycles. The maximum absolute atomic E-state index is 11.7. The van der Waals surface area contributed by atoms with Crippen molar-refractivity contribution >= 4 is 38.5 Å². The minimum absolute atomic E-state index is 0. The number of carbonyl (C=O) groups is 1. The first-order valence-electron chi connectivity index (χ1n) is 16.6. The van der Waals surface area contributed by atoms with E-state index in [-0.39, 0.29) is 54.3 Å². The van der Waals surface area contributed by atoms with Crippen LogP contribution in [0.3, 0.4) is 0 Å². The molecule has 5 aromatic rings. The molecular weight excluding hydrogens is 747 g/mol. The largest absolute Gasteiger partial charge is 0.512 e. The van der Waals surface area contributed by atoms with Crippen LogP contribution in [0, 0.1) is 17.9 Å². The maximum atomic E-state index is 11.7. The first-order chi connectivity index (χ1) is 21.4. The maximum Gasteiger partial charge on any atom is 0.162 e. The molecule has 0 fully saturated rings. The van der Waals surface area contributed by atoms with Crippen molar-refractivity contribution in [3.05, 3.63) is 89.3 Å². The van der Waals surface area contributed by atoms with E-state index in [1.165, 1.54) is 38.9 Å². The number of carbonyl (C=O) groups excluding carboxylic acids is 1. The zero-order chi connectivity index (χ0) is 32.7. The van der Waals surface area contributed by atoms with Gasteiger partial charge in [0, 0.05) is 49.6 Å². The molecule has 0 amide bonds. The van der Waals surface area contributed by atoms with Crippen LogP contribution in [0.4, 0.5) is 0 Å². The second kappa shape index (κ2) is 13.8. The Balaban J connectivity index is 0.000000259. The summed E-state index contributed by atoms with van der Waals surface area (Å²) in [6.45, 7) is 19.4. The minimum atomic E-state index is -0.235. The van der Waals surface area contributed by atoms with E-state index < -0.39 is 0 Å². The fraction of sp³-hybridized carbons (Fsp3) is 0.415. The standard InChI is InChI=1S/C28H24NO.C13H24O2.Ir/c1-27(2,3)20-14-13-19-23-22-18(11-8-12-21(22)30-26(20)23)25-24(28(19,4)5)17-10-7-6-9-16(17)15-29-25;1-5-10(6-2)12(14)9-13(15)11(7-3)8-4;/h6-10,12-15H,1-5H3;9-11,14H,5-8H2,1-4H3;/q-1;;/b;12-9-;. The predicted molar refractivity (Wildman–Crippen MR) is 188 cm³/mol. The van der Waals surface area contributed by atoms with Crippen molar-refractivity contribution in [2.45, 2.75) is 98.8 Å². The Morgan fingerprint density at radius 3 is 2.24 bits per heavy atom. The molecule has 2 heterocycles. The molecule has 245 valence electrons. The second-order valence-electron chi connectivity index (χ2n) is 14.0. The van der Waals surface area contributed by atoms with Crippen LogP contribution in [0.2, 0.25) is 0 Å². The molecule has 0 saturated carbocycles. The molecule has 0 bridgehead atoms. The molecule has 1 N–H and O–H groups in total. The van der Waals surface area contributed by atoms with Crippen molar-refractivity contribution in [1.29, 1.82) is 0 Å². The van der Waals surface area contributed by atoms with Gasteiger partial charge < -0.3 is 14.5 Å². The average molecular weight is 795 g/mol. The Kier molecular flexibility index (Phi) is 10.7. The van der Waals surface area contributed by atoms with Crippen molar-refractivity contribution in [3.8, 4) is 11.3 Å². The molecule has 0 aliphatic heterocycles. The molecule has 0 atom stereocenters. The summed E-state index contributed by atoms with van der Waals surface area (Å²) in [5.41, 5.74) is 7.53. The van der Waals surface area contributed by atoms with Crippen molar-refractivity contribution in [2.75, 3.05) is 0 Å². The minimum Gasteiger partial charge on any atom is -0.512 e. The number of hydrogen-bond acceptors (Lipinski definition) is 4. The summed E-state index contributed by atoms with van der Waals surface area (Å²) in [4.78, 5) is 16.7. The summed E-state index contributed by atoms with van der Waals surface area (Å²) in [7, 11) is 0. The number of aliphatic hydroxyl groups is 1. The molecular formula is C41H48IrNO3-. The number of rotatable bonds is 7. The van der Waals surface area contributed by atoms with Gasteiger partial charge in [-0.15, -0.1) is 17.7 Å². The zero-order valence-electron chi connectivity index (χ0n) is 28.8. The molecule has 2 aromatic heterocycles. The third kappa shape index (κ3) is 6.21. The normalized spacial score (nSPS) is 13.9. The van der Waals surface area contributed by atoms with Gasteiger partial charge in [0.1, 0.15) is 5.58 Å². The molecule has 4 nitrogen and oxygen atoms in total. The molecule has 0 spiro atoms. The number of aliphatic hydroxyl groups excluding tert-OH is 1. The summed E-state index contributed by atoms with van der Waals surface area (Å²) in [6.07, 6.45) is 6.90. The summed E-state index contributed by atoms with van der Waals surface area (Å²) in [5, 5.41) is 14.5. The van der Waals surface area contributed by atoms with Crippen molar-refractivity contribution in [1.82, 2.24) is 4.98 Å². The number of fused-ring (bicyclic) bond motifs is 4. The number of pyridine rings is 1. The van der Waals surface area contributed by atoms with Gasteiger partial charge in [0.05, 0.1) is 11.3 Å². The van der Waals surface area contributed by atoms with Gasteiger partial charge in [0.15, 0.2) is 5.78 Å². The van der Waals surface area contributed by atoms with Crippen molar-refractivity contribution < 1.29 is 34.4 Å². The number of hydrogen-bond donors (Lipinski definition) is 1. The van der Waals surface area contributed by atoms with Crippen LogP contribution < -0.4 is 0 Å². The first kappa shape index (κ1) is 35.6. The van der Waals surface area contributed by atoms with Crippen LogP contribution in [0.1, 0.15) is 105 Å². The molecule has 1 aliphatic carbocycles. The van der Waals surface area contributed by atoms with Gasteiger partial charge in [0.25, 0.3) is 0 Å². The Morgan fingerprint density at radius 2 is 1.61 bits per heavy atom. The molecule has 6 rings (SSSR count). The number of benzene rings is 3. The third-order valence-electron chi connectivity index (χ3n) is 9.80. The van der Waals surface area contributed by atoms with Crippen LogP contribution in [-0.2, 0) is 35.7 Å². The number of nitrogens with zero attached hydrogens (tertiary/aromatic N) is 1. The van der Waals surface area contributed by atoms with E-state index in [4.69, 9.17) is 9.40 Å². The average Bonchev–Trinajstić information content (AvgIpc) is 3.37. The van der Waals surface area contributed by atoms with E-state index >= 15 is 0 Å². The number of allylic oxidation sites excluding steroid dienone is 2. The summed E-state index contributed by atoms with van der Waals surface area (Å²) in [6, 6.07) is 20.7. The van der Waals surface area contributed by atoms with Crippen LogP contribution in [0.15, 0.2) is 71.0 Å². The summed E-state index contributed by atoms with van der Waals surface area (Å²) >= 11 is 0. The van der Waals surface area contributed by atoms with Crippen LogP contribution in [-0.4, -0.2) is 15.9 Å². The van der Waals surface area contributed by atoms with Crippen LogP contribution in [0.5, 0.6) is 0 Å². The van der Waals surface area contributed by atoms with E-state index in [2.05, 4.69) is 77.1 Å². The third-order valence-corrected chi connectivity index (χ3v) is 9.80. The second-order valence-corrected chi connectivity index (χ2v) is 14.0. The number of ketones is 1. The van der Waals surface area contributed by atoms with Gasteiger partial charge in [-0.25, -0.2) is 0 Å². The van der Waals surface area contributed by atoms with E-state index in [1.807, 2.05) is 46.0 Å².